The number of benzene rings is 4. The van der Waals surface area contributed by atoms with Crippen molar-refractivity contribution in [1.82, 2.24) is 35.4 Å². The molecule has 348 valence electrons. The van der Waals surface area contributed by atoms with Crippen molar-refractivity contribution in [3.8, 4) is 33.6 Å². The van der Waals surface area contributed by atoms with Crippen molar-refractivity contribution >= 4 is 46.5 Å². The highest BCUT2D eigenvalue weighted by molar-refractivity contribution is 7.99. The van der Waals surface area contributed by atoms with Gasteiger partial charge in [-0.2, -0.15) is 11.8 Å². The highest BCUT2D eigenvalue weighted by Crippen LogP contribution is 2.37. The molecule has 0 radical (unpaired) electrons. The molecule has 13 nitrogen and oxygen atoms in total. The van der Waals surface area contributed by atoms with Gasteiger partial charge in [0, 0.05) is 30.0 Å². The first kappa shape index (κ1) is 45.6. The summed E-state index contributed by atoms with van der Waals surface area (Å²) in [5.74, 6) is 2.47. The van der Waals surface area contributed by atoms with Crippen molar-refractivity contribution in [3.63, 3.8) is 0 Å². The number of aromatic nitrogens is 3. The molecule has 4 atom stereocenters. The molecule has 5 heterocycles. The third-order valence-electron chi connectivity index (χ3n) is 13.6. The third-order valence-corrected chi connectivity index (χ3v) is 14.7. The smallest absolute Gasteiger partial charge is 0.408 e. The molecular weight excluding hydrogens is 863 g/mol. The van der Waals surface area contributed by atoms with Gasteiger partial charge in [-0.05, 0) is 119 Å². The number of fused-ring (bicyclic) bond motifs is 1. The maximum atomic E-state index is 14.4. The number of likely N-dealkylation sites (tertiary alicyclic amines) is 2. The standard InChI is InChI=1S/C53H59N7O6S/c1-33(2)47(57-52(63)65-3)50(61)60-26-8-12-46(60)49-54-31-44(56-49)41-20-19-39-29-38(17-18-40(39)30-41)35-13-15-36(16-14-35)42-21-22-43(55-42)45-11-7-25-59(45)51(62)48(37-23-27-67-28-24-37)58-53(64)66-32-34-9-5-4-6-10-34/h4-6,9-10,13-22,29-31,33,37,45-48,55H,7-8,11-12,23-28,32H2,1-3H3,(H,54,56)(H,57,63)(H,58,64)/t45-,46-,47-,48-/m0/s1. The van der Waals surface area contributed by atoms with Crippen LogP contribution < -0.4 is 10.6 Å². The zero-order chi connectivity index (χ0) is 46.4. The van der Waals surface area contributed by atoms with Gasteiger partial charge in [0.15, 0.2) is 0 Å². The quantitative estimate of drug-likeness (QED) is 0.0890. The topological polar surface area (TPSA) is 162 Å². The van der Waals surface area contributed by atoms with Crippen molar-refractivity contribution in [2.75, 3.05) is 31.7 Å². The van der Waals surface area contributed by atoms with Gasteiger partial charge in [0.1, 0.15) is 24.5 Å². The summed E-state index contributed by atoms with van der Waals surface area (Å²) in [6.45, 7) is 5.21. The van der Waals surface area contributed by atoms with E-state index in [1.807, 2.05) is 71.9 Å². The normalized spacial score (nSPS) is 18.5. The molecule has 4 amide bonds. The molecule has 3 aliphatic heterocycles. The highest BCUT2D eigenvalue weighted by atomic mass is 32.2. The maximum Gasteiger partial charge on any atom is 0.408 e. The Labute approximate surface area is 395 Å². The van der Waals surface area contributed by atoms with Gasteiger partial charge in [-0.15, -0.1) is 0 Å². The Bertz CT molecular complexity index is 2690. The summed E-state index contributed by atoms with van der Waals surface area (Å²) in [5, 5.41) is 7.93. The second-order valence-corrected chi connectivity index (χ2v) is 19.5. The molecule has 3 saturated heterocycles. The lowest BCUT2D eigenvalue weighted by Crippen LogP contribution is -2.53. The Hall–Kier alpha value is -6.54. The summed E-state index contributed by atoms with van der Waals surface area (Å²) in [5.41, 5.74) is 8.02. The predicted molar refractivity (Wildman–Crippen MR) is 262 cm³/mol. The Kier molecular flexibility index (Phi) is 14.0. The number of hydrogen-bond acceptors (Lipinski definition) is 8. The molecule has 0 spiro atoms. The van der Waals surface area contributed by atoms with Crippen molar-refractivity contribution in [1.29, 1.82) is 0 Å². The Morgan fingerprint density at radius 1 is 0.701 bits per heavy atom. The van der Waals surface area contributed by atoms with Gasteiger partial charge in [-0.3, -0.25) is 9.59 Å². The van der Waals surface area contributed by atoms with Crippen LogP contribution in [0.4, 0.5) is 9.59 Å². The number of nitrogens with one attached hydrogen (secondary N) is 4. The van der Waals surface area contributed by atoms with E-state index in [1.54, 1.807) is 0 Å². The van der Waals surface area contributed by atoms with Crippen LogP contribution in [0.15, 0.2) is 109 Å². The third kappa shape index (κ3) is 10.2. The van der Waals surface area contributed by atoms with Gasteiger partial charge in [0.2, 0.25) is 11.8 Å². The van der Waals surface area contributed by atoms with E-state index in [0.717, 1.165) is 112 Å². The molecular formula is C53H59N7O6S. The lowest BCUT2D eigenvalue weighted by Gasteiger charge is -2.34. The van der Waals surface area contributed by atoms with Crippen molar-refractivity contribution in [2.24, 2.45) is 11.8 Å². The Morgan fingerprint density at radius 2 is 1.36 bits per heavy atom. The molecule has 2 aromatic heterocycles. The number of thioether (sulfide) groups is 1. The van der Waals surface area contributed by atoms with Gasteiger partial charge in [-0.1, -0.05) is 92.7 Å². The molecule has 0 bridgehead atoms. The monoisotopic (exact) mass is 921 g/mol. The van der Waals surface area contributed by atoms with Gasteiger partial charge in [-0.25, -0.2) is 14.6 Å². The van der Waals surface area contributed by atoms with Crippen molar-refractivity contribution < 1.29 is 28.7 Å². The minimum absolute atomic E-state index is 0.0347. The van der Waals surface area contributed by atoms with Crippen molar-refractivity contribution in [2.45, 2.75) is 83.1 Å². The van der Waals surface area contributed by atoms with Crippen LogP contribution in [0, 0.1) is 11.8 Å². The van der Waals surface area contributed by atoms with Crippen LogP contribution in [0.5, 0.6) is 0 Å². The molecule has 0 saturated carbocycles. The molecule has 0 aliphatic carbocycles. The Balaban J connectivity index is 0.850. The minimum atomic E-state index is -0.688. The molecule has 14 heteroatoms. The molecule has 67 heavy (non-hydrogen) atoms. The molecule has 3 aliphatic rings. The highest BCUT2D eigenvalue weighted by Gasteiger charge is 2.40. The SMILES string of the molecule is COC(=O)N[C@H](C(=O)N1CCC[C@H]1c1ncc(-c2ccc3cc(-c4ccc(-c5ccc([C@@H]6CCCN6C(=O)[C@@H](NC(=O)OCc6ccccc6)C6CCSCC6)[nH]5)cc4)ccc3c2)[nH]1)C(C)C. The van der Waals surface area contributed by atoms with Crippen LogP contribution in [0.1, 0.15) is 81.5 Å². The number of methoxy groups -OCH3 is 1. The number of carbonyl (C=O) groups is 4. The number of H-pyrrole nitrogens is 2. The summed E-state index contributed by atoms with van der Waals surface area (Å²) < 4.78 is 10.4. The zero-order valence-electron chi connectivity index (χ0n) is 38.3. The van der Waals surface area contributed by atoms with Crippen LogP contribution in [0.25, 0.3) is 44.4 Å². The maximum absolute atomic E-state index is 14.4. The van der Waals surface area contributed by atoms with E-state index in [1.165, 1.54) is 7.11 Å². The fourth-order valence-corrected chi connectivity index (χ4v) is 11.1. The van der Waals surface area contributed by atoms with E-state index in [-0.39, 0.29) is 42.3 Å². The summed E-state index contributed by atoms with van der Waals surface area (Å²) in [6, 6.07) is 33.5. The van der Waals surface area contributed by atoms with E-state index in [0.29, 0.717) is 13.1 Å². The fourth-order valence-electron chi connectivity index (χ4n) is 9.91. The lowest BCUT2D eigenvalue weighted by atomic mass is 9.92. The number of ether oxygens (including phenoxy) is 2. The second-order valence-electron chi connectivity index (χ2n) is 18.2. The largest absolute Gasteiger partial charge is 0.453 e. The van der Waals surface area contributed by atoms with Crippen LogP contribution in [-0.4, -0.2) is 92.5 Å². The summed E-state index contributed by atoms with van der Waals surface area (Å²) >= 11 is 1.90. The van der Waals surface area contributed by atoms with Crippen LogP contribution in [0.2, 0.25) is 0 Å². The van der Waals surface area contributed by atoms with Crippen molar-refractivity contribution in [3.05, 3.63) is 126 Å². The first-order valence-corrected chi connectivity index (χ1v) is 24.7. The van der Waals surface area contributed by atoms with Gasteiger partial charge in [0.05, 0.1) is 31.1 Å². The van der Waals surface area contributed by atoms with Crippen LogP contribution >= 0.6 is 11.8 Å². The number of alkyl carbamates (subject to hydrolysis) is 2. The summed E-state index contributed by atoms with van der Waals surface area (Å²) in [7, 11) is 1.30. The molecule has 6 aromatic rings. The second kappa shape index (κ2) is 20.5. The number of amides is 4. The number of nitrogens with zero attached hydrogens (tertiary/aromatic N) is 3. The van der Waals surface area contributed by atoms with E-state index in [9.17, 15) is 19.2 Å². The average molecular weight is 922 g/mol. The Morgan fingerprint density at radius 3 is 2.07 bits per heavy atom. The fraction of sp³-hybridized carbons (Fsp3) is 0.377. The van der Waals surface area contributed by atoms with Gasteiger partial charge in [0.25, 0.3) is 0 Å². The van der Waals surface area contributed by atoms with E-state index in [2.05, 4.69) is 93.4 Å². The molecule has 4 N–H and O–H groups in total. The van der Waals surface area contributed by atoms with Crippen LogP contribution in [-0.2, 0) is 25.7 Å². The molecule has 3 fully saturated rings. The number of hydrogen-bond donors (Lipinski definition) is 4. The number of rotatable bonds is 13. The first-order valence-electron chi connectivity index (χ1n) is 23.5. The first-order chi connectivity index (χ1) is 32.6. The average Bonchev–Trinajstić information content (AvgIpc) is 4.22. The number of carbonyl (C=O) groups excluding carboxylic acids is 4. The van der Waals surface area contributed by atoms with E-state index < -0.39 is 24.3 Å². The van der Waals surface area contributed by atoms with E-state index in [4.69, 9.17) is 14.5 Å². The summed E-state index contributed by atoms with van der Waals surface area (Å²) in [6.07, 6.45) is 5.78. The molecule has 0 unspecified atom stereocenters. The summed E-state index contributed by atoms with van der Waals surface area (Å²) in [4.78, 5) is 68.8. The minimum Gasteiger partial charge on any atom is -0.453 e. The van der Waals surface area contributed by atoms with Gasteiger partial charge < -0.3 is 39.9 Å². The molecule has 9 rings (SSSR count). The predicted octanol–water partition coefficient (Wildman–Crippen LogP) is 10.0. The zero-order valence-corrected chi connectivity index (χ0v) is 39.2. The number of imidazole rings is 1. The van der Waals surface area contributed by atoms with Gasteiger partial charge >= 0.3 is 12.2 Å². The lowest BCUT2D eigenvalue weighted by molar-refractivity contribution is -0.136. The van der Waals surface area contributed by atoms with E-state index >= 15 is 0 Å². The molecule has 4 aromatic carbocycles. The van der Waals surface area contributed by atoms with Crippen LogP contribution in [0.3, 0.4) is 0 Å². The number of aromatic amines is 2.